The lowest BCUT2D eigenvalue weighted by Gasteiger charge is -2.19. The van der Waals surface area contributed by atoms with Gasteiger partial charge >= 0.3 is 13.7 Å². The summed E-state index contributed by atoms with van der Waals surface area (Å²) in [5, 5.41) is 5.40. The molecule has 1 atom stereocenters. The zero-order valence-corrected chi connectivity index (χ0v) is 18.9. The van der Waals surface area contributed by atoms with Crippen LogP contribution >= 0.6 is 30.2 Å². The summed E-state index contributed by atoms with van der Waals surface area (Å²) in [7, 11) is -2.19. The topological polar surface area (TPSA) is 79.7 Å². The van der Waals surface area contributed by atoms with Gasteiger partial charge in [-0.2, -0.15) is 9.78 Å². The maximum atomic E-state index is 13.1. The second kappa shape index (κ2) is 7.85. The predicted molar refractivity (Wildman–Crippen MR) is 115 cm³/mol. The standard InChI is InChI=1S/C19H20IN2O5P/c1-19(2,3)26-18(23)22-16-11-10-13(12-15(16)17(20)21-22)27-28(24,25-4)14-8-6-5-7-9-14/h5-12H,1-4H3. The molecule has 0 spiro atoms. The minimum absolute atomic E-state index is 0.350. The first kappa shape index (κ1) is 20.8. The Kier molecular flexibility index (Phi) is 5.84. The number of nitrogens with zero attached hydrogens (tertiary/aromatic N) is 2. The first-order valence-electron chi connectivity index (χ1n) is 8.45. The highest BCUT2D eigenvalue weighted by molar-refractivity contribution is 14.1. The number of benzene rings is 2. The molecule has 0 fully saturated rings. The van der Waals surface area contributed by atoms with Crippen molar-refractivity contribution in [3.63, 3.8) is 0 Å². The van der Waals surface area contributed by atoms with E-state index in [1.165, 1.54) is 11.8 Å². The van der Waals surface area contributed by atoms with Gasteiger partial charge in [0.2, 0.25) is 0 Å². The van der Waals surface area contributed by atoms with E-state index in [0.717, 1.165) is 0 Å². The first-order valence-corrected chi connectivity index (χ1v) is 11.1. The molecule has 0 aliphatic heterocycles. The average Bonchev–Trinajstić information content (AvgIpc) is 2.97. The lowest BCUT2D eigenvalue weighted by molar-refractivity contribution is 0.0522. The van der Waals surface area contributed by atoms with Crippen LogP contribution in [0.2, 0.25) is 0 Å². The molecule has 3 rings (SSSR count). The third-order valence-electron chi connectivity index (χ3n) is 3.71. The van der Waals surface area contributed by atoms with Gasteiger partial charge < -0.3 is 9.26 Å². The van der Waals surface area contributed by atoms with Crippen molar-refractivity contribution in [2.75, 3.05) is 7.11 Å². The number of carbonyl (C=O) groups excluding carboxylic acids is 1. The second-order valence-electron chi connectivity index (χ2n) is 6.97. The average molecular weight is 514 g/mol. The summed E-state index contributed by atoms with van der Waals surface area (Å²) in [5.74, 6) is 0.350. The molecular weight excluding hydrogens is 494 g/mol. The molecule has 3 aromatic rings. The van der Waals surface area contributed by atoms with E-state index >= 15 is 0 Å². The summed E-state index contributed by atoms with van der Waals surface area (Å²) in [4.78, 5) is 12.4. The van der Waals surface area contributed by atoms with Gasteiger partial charge in [-0.25, -0.2) is 9.36 Å². The highest BCUT2D eigenvalue weighted by atomic mass is 127. The van der Waals surface area contributed by atoms with E-state index in [-0.39, 0.29) is 0 Å². The molecular formula is C19H20IN2O5P. The van der Waals surface area contributed by atoms with Gasteiger partial charge in [0.25, 0.3) is 0 Å². The zero-order chi connectivity index (χ0) is 20.5. The van der Waals surface area contributed by atoms with Gasteiger partial charge in [0, 0.05) is 12.5 Å². The smallest absolute Gasteiger partial charge is 0.435 e. The van der Waals surface area contributed by atoms with Gasteiger partial charge in [0.1, 0.15) is 15.1 Å². The Morgan fingerprint density at radius 1 is 1.14 bits per heavy atom. The zero-order valence-electron chi connectivity index (χ0n) is 15.9. The maximum absolute atomic E-state index is 13.1. The first-order chi connectivity index (χ1) is 13.1. The number of ether oxygens (including phenoxy) is 1. The third-order valence-corrected chi connectivity index (χ3v) is 6.37. The number of halogens is 1. The molecule has 1 aromatic heterocycles. The van der Waals surface area contributed by atoms with Crippen molar-refractivity contribution in [2.24, 2.45) is 0 Å². The van der Waals surface area contributed by atoms with Crippen LogP contribution in [0, 0.1) is 3.70 Å². The van der Waals surface area contributed by atoms with Gasteiger partial charge in [-0.15, -0.1) is 0 Å². The summed E-state index contributed by atoms with van der Waals surface area (Å²) in [6.07, 6.45) is -0.569. The van der Waals surface area contributed by atoms with Crippen molar-refractivity contribution in [1.82, 2.24) is 9.78 Å². The molecule has 0 amide bonds. The number of fused-ring (bicyclic) bond motifs is 1. The third kappa shape index (κ3) is 4.39. The van der Waals surface area contributed by atoms with E-state index in [2.05, 4.69) is 5.10 Å². The van der Waals surface area contributed by atoms with Crippen LogP contribution < -0.4 is 9.83 Å². The largest absolute Gasteiger partial charge is 0.442 e. The van der Waals surface area contributed by atoms with Crippen molar-refractivity contribution in [3.8, 4) is 5.75 Å². The molecule has 7 nitrogen and oxygen atoms in total. The molecule has 0 saturated carbocycles. The van der Waals surface area contributed by atoms with E-state index in [1.54, 1.807) is 63.2 Å². The quantitative estimate of drug-likeness (QED) is 0.362. The normalized spacial score (nSPS) is 13.9. The number of hydrogen-bond donors (Lipinski definition) is 0. The van der Waals surface area contributed by atoms with Crippen LogP contribution in [0.5, 0.6) is 5.75 Å². The Morgan fingerprint density at radius 2 is 1.82 bits per heavy atom. The molecule has 0 N–H and O–H groups in total. The Labute approximate surface area is 176 Å². The van der Waals surface area contributed by atoms with Crippen molar-refractivity contribution in [1.29, 1.82) is 0 Å². The van der Waals surface area contributed by atoms with Crippen molar-refractivity contribution < 1.29 is 23.1 Å². The Hall–Kier alpha value is -1.90. The number of aromatic nitrogens is 2. The Morgan fingerprint density at radius 3 is 2.43 bits per heavy atom. The lowest BCUT2D eigenvalue weighted by atomic mass is 10.2. The highest BCUT2D eigenvalue weighted by Crippen LogP contribution is 2.46. The molecule has 1 unspecified atom stereocenters. The molecule has 0 aliphatic rings. The summed E-state index contributed by atoms with van der Waals surface area (Å²) in [6, 6.07) is 13.7. The minimum atomic E-state index is -3.53. The van der Waals surface area contributed by atoms with Crippen LogP contribution in [-0.2, 0) is 13.8 Å². The van der Waals surface area contributed by atoms with Crippen LogP contribution in [-0.4, -0.2) is 28.6 Å². The van der Waals surface area contributed by atoms with E-state index < -0.39 is 19.3 Å². The fourth-order valence-electron chi connectivity index (χ4n) is 2.51. The summed E-state index contributed by atoms with van der Waals surface area (Å²) < 4.78 is 31.2. The molecule has 1 heterocycles. The van der Waals surface area contributed by atoms with Gasteiger partial charge in [-0.3, -0.25) is 4.52 Å². The molecule has 0 radical (unpaired) electrons. The van der Waals surface area contributed by atoms with E-state index in [4.69, 9.17) is 13.8 Å². The van der Waals surface area contributed by atoms with E-state index in [9.17, 15) is 9.36 Å². The lowest BCUT2D eigenvalue weighted by Crippen LogP contribution is -2.27. The second-order valence-corrected chi connectivity index (χ2v) is 10.0. The maximum Gasteiger partial charge on any atom is 0.435 e. The summed E-state index contributed by atoms with van der Waals surface area (Å²) in [5.41, 5.74) is -0.0667. The van der Waals surface area contributed by atoms with Crippen LogP contribution in [0.4, 0.5) is 4.79 Å². The van der Waals surface area contributed by atoms with Crippen LogP contribution in [0.3, 0.4) is 0 Å². The fraction of sp³-hybridized carbons (Fsp3) is 0.263. The number of rotatable bonds is 4. The van der Waals surface area contributed by atoms with Gasteiger partial charge in [0.05, 0.1) is 10.8 Å². The number of hydrogen-bond acceptors (Lipinski definition) is 6. The molecule has 0 bridgehead atoms. The minimum Gasteiger partial charge on any atom is -0.442 e. The van der Waals surface area contributed by atoms with Gasteiger partial charge in [-0.05, 0) is 73.7 Å². The van der Waals surface area contributed by atoms with Crippen molar-refractivity contribution in [3.05, 3.63) is 52.2 Å². The number of carbonyl (C=O) groups is 1. The van der Waals surface area contributed by atoms with E-state index in [1.807, 2.05) is 28.7 Å². The molecule has 2 aromatic carbocycles. The highest BCUT2D eigenvalue weighted by Gasteiger charge is 2.28. The molecule has 28 heavy (non-hydrogen) atoms. The van der Waals surface area contributed by atoms with Gasteiger partial charge in [0.15, 0.2) is 0 Å². The predicted octanol–water partition coefficient (Wildman–Crippen LogP) is 4.97. The van der Waals surface area contributed by atoms with Crippen LogP contribution in [0.1, 0.15) is 20.8 Å². The monoisotopic (exact) mass is 514 g/mol. The summed E-state index contributed by atoms with van der Waals surface area (Å²) in [6.45, 7) is 5.37. The fourth-order valence-corrected chi connectivity index (χ4v) is 4.47. The van der Waals surface area contributed by atoms with Crippen molar-refractivity contribution in [2.45, 2.75) is 26.4 Å². The van der Waals surface area contributed by atoms with Crippen molar-refractivity contribution >= 4 is 52.5 Å². The Bertz CT molecular complexity index is 1060. The van der Waals surface area contributed by atoms with Crippen LogP contribution in [0.15, 0.2) is 48.5 Å². The molecule has 0 saturated heterocycles. The molecule has 148 valence electrons. The van der Waals surface area contributed by atoms with Crippen LogP contribution in [0.25, 0.3) is 10.9 Å². The SMILES string of the molecule is COP(=O)(Oc1ccc2c(c1)c(I)nn2C(=O)OC(C)(C)C)c1ccccc1. The molecule has 0 aliphatic carbocycles. The van der Waals surface area contributed by atoms with Gasteiger partial charge in [-0.1, -0.05) is 18.2 Å². The van der Waals surface area contributed by atoms with E-state index in [0.29, 0.717) is 25.7 Å². The Balaban J connectivity index is 1.96. The molecule has 9 heteroatoms. The summed E-state index contributed by atoms with van der Waals surface area (Å²) >= 11 is 2.03.